The van der Waals surface area contributed by atoms with E-state index in [2.05, 4.69) is 268 Å². The van der Waals surface area contributed by atoms with Crippen LogP contribution in [0.3, 0.4) is 0 Å². The van der Waals surface area contributed by atoms with Crippen molar-refractivity contribution in [2.24, 2.45) is 0 Å². The van der Waals surface area contributed by atoms with E-state index in [1.165, 1.54) is 104 Å². The Kier molecular flexibility index (Phi) is 8.71. The van der Waals surface area contributed by atoms with E-state index in [-0.39, 0.29) is 10.8 Å². The van der Waals surface area contributed by atoms with Crippen LogP contribution in [0.2, 0.25) is 0 Å². The average Bonchev–Trinajstić information content (AvgIpc) is 3.76. The van der Waals surface area contributed by atoms with Crippen LogP contribution in [0.5, 0.6) is 0 Å². The molecule has 2 heteroatoms. The maximum absolute atomic E-state index is 2.57. The Bertz CT molecular complexity index is 4000. The van der Waals surface area contributed by atoms with Crippen molar-refractivity contribution in [1.29, 1.82) is 0 Å². The zero-order chi connectivity index (χ0) is 46.9. The molecule has 0 amide bonds. The van der Waals surface area contributed by atoms with Crippen molar-refractivity contribution < 1.29 is 0 Å². The molecular weight excluding hydrogens is 845 g/mol. The van der Waals surface area contributed by atoms with Crippen molar-refractivity contribution in [3.63, 3.8) is 0 Å². The second-order valence-electron chi connectivity index (χ2n) is 20.6. The van der Waals surface area contributed by atoms with Crippen LogP contribution in [0.15, 0.2) is 231 Å². The number of anilines is 6. The summed E-state index contributed by atoms with van der Waals surface area (Å²) in [7, 11) is 0. The minimum atomic E-state index is -0.271. The third-order valence-corrected chi connectivity index (χ3v) is 15.9. The van der Waals surface area contributed by atoms with Crippen molar-refractivity contribution in [1.82, 2.24) is 0 Å². The number of hydrogen-bond acceptors (Lipinski definition) is 2. The van der Waals surface area contributed by atoms with Gasteiger partial charge in [-0.3, -0.25) is 0 Å². The first-order valence-corrected chi connectivity index (χ1v) is 24.7. The van der Waals surface area contributed by atoms with Crippen molar-refractivity contribution in [2.75, 3.05) is 9.80 Å². The Labute approximate surface area is 409 Å². The van der Waals surface area contributed by atoms with Crippen molar-refractivity contribution in [3.8, 4) is 22.3 Å². The van der Waals surface area contributed by atoms with Gasteiger partial charge >= 0.3 is 0 Å². The van der Waals surface area contributed by atoms with E-state index in [9.17, 15) is 0 Å². The number of hydrogen-bond donors (Lipinski definition) is 0. The van der Waals surface area contributed by atoms with Crippen LogP contribution >= 0.6 is 0 Å². The molecule has 332 valence electrons. The fraction of sp³-hybridized carbons (Fsp3) is 0.0882. The lowest BCUT2D eigenvalue weighted by molar-refractivity contribution is 0.652. The molecule has 14 rings (SSSR count). The minimum Gasteiger partial charge on any atom is -0.310 e. The summed E-state index contributed by atoms with van der Waals surface area (Å²) in [6.45, 7) is 9.73. The lowest BCUT2D eigenvalue weighted by Crippen LogP contribution is -2.18. The maximum Gasteiger partial charge on any atom is 0.0543 e. The second-order valence-corrected chi connectivity index (χ2v) is 20.6. The summed E-state index contributed by atoms with van der Waals surface area (Å²) in [5.74, 6) is 0. The molecular formula is C68H50N2. The van der Waals surface area contributed by atoms with Crippen LogP contribution in [0.25, 0.3) is 76.1 Å². The molecule has 12 aromatic carbocycles. The largest absolute Gasteiger partial charge is 0.310 e. The SMILES string of the molecule is CC1(C)c2cc(N(c3ccc4ccccc4c3)c3ccc4ccccc4c3)ccc2-c2cc3c(cc21)-c1c(cc(N(c2ccc4ccccc4c2)c2ccc4ccccc4c2)c2ccccc12)C3(C)C. The molecule has 12 aromatic rings. The highest BCUT2D eigenvalue weighted by molar-refractivity contribution is 6.11. The normalized spacial score (nSPS) is 13.9. The molecule has 0 fully saturated rings. The summed E-state index contributed by atoms with van der Waals surface area (Å²) < 4.78 is 0. The Morgan fingerprint density at radius 2 is 0.614 bits per heavy atom. The first kappa shape index (κ1) is 40.6. The summed E-state index contributed by atoms with van der Waals surface area (Å²) in [6.07, 6.45) is 0. The molecule has 0 N–H and O–H groups in total. The molecule has 0 bridgehead atoms. The molecule has 2 nitrogen and oxygen atoms in total. The topological polar surface area (TPSA) is 6.48 Å². The highest BCUT2D eigenvalue weighted by atomic mass is 15.1. The van der Waals surface area contributed by atoms with Gasteiger partial charge in [-0.15, -0.1) is 0 Å². The van der Waals surface area contributed by atoms with Crippen molar-refractivity contribution in [2.45, 2.75) is 38.5 Å². The molecule has 0 saturated heterocycles. The van der Waals surface area contributed by atoms with Gasteiger partial charge in [0, 0.05) is 44.7 Å². The lowest BCUT2D eigenvalue weighted by atomic mass is 9.79. The van der Waals surface area contributed by atoms with Gasteiger partial charge in [0.2, 0.25) is 0 Å². The standard InChI is InChI=1S/C68H50N2/c1-67(2)61-39-55(69(51-29-25-43-15-5-9-19-47(43)35-51)52-30-26-44-16-6-10-20-48(44)36-52)33-34-56(61)59-40-63-60(41-62(59)67)66-58-24-14-13-23-57(58)65(42-64(66)68(63,3)4)70(53-31-27-45-17-7-11-21-49(45)37-53)54-32-28-46-18-8-12-22-50(46)38-54/h5-42H,1-4H3. The number of benzene rings is 12. The fourth-order valence-corrected chi connectivity index (χ4v) is 12.2. The van der Waals surface area contributed by atoms with Crippen LogP contribution in [-0.4, -0.2) is 0 Å². The van der Waals surface area contributed by atoms with E-state index in [1.54, 1.807) is 0 Å². The zero-order valence-corrected chi connectivity index (χ0v) is 39.8. The summed E-state index contributed by atoms with van der Waals surface area (Å²) in [4.78, 5) is 4.94. The quantitative estimate of drug-likeness (QED) is 0.164. The maximum atomic E-state index is 2.57. The van der Waals surface area contributed by atoms with Gasteiger partial charge in [0.1, 0.15) is 0 Å². The predicted octanol–water partition coefficient (Wildman–Crippen LogP) is 19.0. The van der Waals surface area contributed by atoms with Gasteiger partial charge in [0.05, 0.1) is 5.69 Å². The lowest BCUT2D eigenvalue weighted by Gasteiger charge is -2.30. The molecule has 0 atom stereocenters. The van der Waals surface area contributed by atoms with Crippen molar-refractivity contribution >= 4 is 88.0 Å². The molecule has 0 aliphatic heterocycles. The van der Waals surface area contributed by atoms with Crippen LogP contribution in [-0.2, 0) is 10.8 Å². The van der Waals surface area contributed by atoms with E-state index >= 15 is 0 Å². The number of nitrogens with zero attached hydrogens (tertiary/aromatic N) is 2. The summed E-state index contributed by atoms with van der Waals surface area (Å²) in [5, 5.41) is 12.4. The van der Waals surface area contributed by atoms with Gasteiger partial charge < -0.3 is 9.80 Å². The first-order chi connectivity index (χ1) is 34.2. The molecule has 0 saturated carbocycles. The van der Waals surface area contributed by atoms with Crippen LogP contribution in [0.4, 0.5) is 34.1 Å². The van der Waals surface area contributed by atoms with Crippen molar-refractivity contribution in [3.05, 3.63) is 253 Å². The van der Waals surface area contributed by atoms with Crippen LogP contribution in [0.1, 0.15) is 49.9 Å². The van der Waals surface area contributed by atoms with E-state index in [0.717, 1.165) is 28.4 Å². The predicted molar refractivity (Wildman–Crippen MR) is 298 cm³/mol. The molecule has 0 unspecified atom stereocenters. The minimum absolute atomic E-state index is 0.250. The molecule has 2 aliphatic carbocycles. The van der Waals surface area contributed by atoms with E-state index in [0.29, 0.717) is 0 Å². The fourth-order valence-electron chi connectivity index (χ4n) is 12.2. The van der Waals surface area contributed by atoms with Gasteiger partial charge in [-0.2, -0.15) is 0 Å². The second kappa shape index (κ2) is 15.0. The van der Waals surface area contributed by atoms with Gasteiger partial charge in [-0.1, -0.05) is 179 Å². The number of fused-ring (bicyclic) bond motifs is 12. The molecule has 2 aliphatic rings. The Morgan fingerprint density at radius 1 is 0.257 bits per heavy atom. The van der Waals surface area contributed by atoms with Gasteiger partial charge in [-0.25, -0.2) is 0 Å². The number of rotatable bonds is 6. The smallest absolute Gasteiger partial charge is 0.0543 e. The van der Waals surface area contributed by atoms with Crippen LogP contribution in [0, 0.1) is 0 Å². The highest BCUT2D eigenvalue weighted by Gasteiger charge is 2.43. The van der Waals surface area contributed by atoms with Crippen LogP contribution < -0.4 is 9.80 Å². The third-order valence-electron chi connectivity index (χ3n) is 15.9. The highest BCUT2D eigenvalue weighted by Crippen LogP contribution is 2.59. The van der Waals surface area contributed by atoms with Gasteiger partial charge in [0.15, 0.2) is 0 Å². The Balaban J connectivity index is 0.929. The molecule has 0 aromatic heterocycles. The Hall–Kier alpha value is -8.46. The zero-order valence-electron chi connectivity index (χ0n) is 39.8. The average molecular weight is 895 g/mol. The Morgan fingerprint density at radius 3 is 1.11 bits per heavy atom. The monoisotopic (exact) mass is 894 g/mol. The van der Waals surface area contributed by atoms with E-state index < -0.39 is 0 Å². The molecule has 0 heterocycles. The summed E-state index contributed by atoms with van der Waals surface area (Å²) in [6, 6.07) is 86.2. The summed E-state index contributed by atoms with van der Waals surface area (Å²) in [5.41, 5.74) is 17.2. The van der Waals surface area contributed by atoms with E-state index in [1.807, 2.05) is 0 Å². The molecule has 0 radical (unpaired) electrons. The third kappa shape index (κ3) is 6.06. The summed E-state index contributed by atoms with van der Waals surface area (Å²) >= 11 is 0. The van der Waals surface area contributed by atoms with E-state index in [4.69, 9.17) is 0 Å². The van der Waals surface area contributed by atoms with Gasteiger partial charge in [0.25, 0.3) is 0 Å². The first-order valence-electron chi connectivity index (χ1n) is 24.7. The van der Waals surface area contributed by atoms with Gasteiger partial charge in [-0.05, 0) is 172 Å². The molecule has 0 spiro atoms. The molecule has 70 heavy (non-hydrogen) atoms.